The minimum Gasteiger partial charge on any atom is -0.375 e. The van der Waals surface area contributed by atoms with Crippen LogP contribution in [0.1, 0.15) is 23.6 Å². The number of halogens is 1. The summed E-state index contributed by atoms with van der Waals surface area (Å²) in [5.41, 5.74) is 1.55. The number of amides is 1. The number of rotatable bonds is 6. The first-order valence-corrected chi connectivity index (χ1v) is 8.62. The molecule has 25 heavy (non-hydrogen) atoms. The second kappa shape index (κ2) is 8.74. The zero-order valence-corrected chi connectivity index (χ0v) is 14.1. The summed E-state index contributed by atoms with van der Waals surface area (Å²) >= 11 is 0. The van der Waals surface area contributed by atoms with E-state index in [1.54, 1.807) is 18.2 Å². The lowest BCUT2D eigenvalue weighted by Crippen LogP contribution is -2.42. The average Bonchev–Trinajstić information content (AvgIpc) is 2.63. The van der Waals surface area contributed by atoms with Crippen molar-refractivity contribution in [1.29, 1.82) is 0 Å². The Kier molecular flexibility index (Phi) is 6.14. The Morgan fingerprint density at radius 3 is 2.68 bits per heavy atom. The van der Waals surface area contributed by atoms with Crippen molar-refractivity contribution in [1.82, 2.24) is 10.6 Å². The fourth-order valence-corrected chi connectivity index (χ4v) is 3.06. The predicted molar refractivity (Wildman–Crippen MR) is 94.7 cm³/mol. The Morgan fingerprint density at radius 1 is 1.20 bits per heavy atom. The highest BCUT2D eigenvalue weighted by molar-refractivity contribution is 5.77. The fraction of sp³-hybridized carbons (Fsp3) is 0.350. The average molecular weight is 342 g/mol. The topological polar surface area (TPSA) is 50.4 Å². The normalized spacial score (nSPS) is 18.5. The SMILES string of the molecule is O=C(C[C@@H]1CNCCO1)N[C@H](Cc1ccccc1)c1ccccc1F. The zero-order chi connectivity index (χ0) is 17.5. The molecule has 1 fully saturated rings. The van der Waals surface area contributed by atoms with Crippen LogP contribution in [-0.2, 0) is 16.0 Å². The first kappa shape index (κ1) is 17.6. The van der Waals surface area contributed by atoms with Gasteiger partial charge in [0.25, 0.3) is 0 Å². The first-order valence-electron chi connectivity index (χ1n) is 8.62. The van der Waals surface area contributed by atoms with Gasteiger partial charge in [-0.15, -0.1) is 0 Å². The third-order valence-corrected chi connectivity index (χ3v) is 4.32. The van der Waals surface area contributed by atoms with Gasteiger partial charge >= 0.3 is 0 Å². The van der Waals surface area contributed by atoms with E-state index in [4.69, 9.17) is 4.74 Å². The third kappa shape index (κ3) is 5.11. The lowest BCUT2D eigenvalue weighted by molar-refractivity contribution is -0.125. The van der Waals surface area contributed by atoms with Crippen molar-refractivity contribution in [2.45, 2.75) is 25.0 Å². The number of benzene rings is 2. The summed E-state index contributed by atoms with van der Waals surface area (Å²) in [5.74, 6) is -0.433. The van der Waals surface area contributed by atoms with Crippen molar-refractivity contribution in [2.75, 3.05) is 19.7 Å². The predicted octanol–water partition coefficient (Wildman–Crippen LogP) is 2.60. The Balaban J connectivity index is 1.71. The standard InChI is InChI=1S/C20H23FN2O2/c21-18-9-5-4-8-17(18)19(12-15-6-2-1-3-7-15)23-20(24)13-16-14-22-10-11-25-16/h1-9,16,19,22H,10-14H2,(H,23,24)/t16-,19-/m1/s1. The fourth-order valence-electron chi connectivity index (χ4n) is 3.06. The highest BCUT2D eigenvalue weighted by atomic mass is 19.1. The van der Waals surface area contributed by atoms with E-state index < -0.39 is 6.04 Å². The number of nitrogens with one attached hydrogen (secondary N) is 2. The van der Waals surface area contributed by atoms with Crippen LogP contribution in [0.25, 0.3) is 0 Å². The van der Waals surface area contributed by atoms with Gasteiger partial charge in [-0.3, -0.25) is 4.79 Å². The molecule has 0 bridgehead atoms. The molecular weight excluding hydrogens is 319 g/mol. The molecule has 0 radical (unpaired) electrons. The molecule has 1 saturated heterocycles. The zero-order valence-electron chi connectivity index (χ0n) is 14.1. The smallest absolute Gasteiger partial charge is 0.223 e. The van der Waals surface area contributed by atoms with E-state index in [0.29, 0.717) is 25.1 Å². The van der Waals surface area contributed by atoms with Crippen LogP contribution >= 0.6 is 0 Å². The first-order chi connectivity index (χ1) is 12.2. The Bertz CT molecular complexity index is 687. The van der Waals surface area contributed by atoms with Gasteiger partial charge in [-0.05, 0) is 18.1 Å². The summed E-state index contributed by atoms with van der Waals surface area (Å²) in [7, 11) is 0. The molecule has 0 unspecified atom stereocenters. The minimum atomic E-state index is -0.410. The van der Waals surface area contributed by atoms with Crippen LogP contribution in [0.5, 0.6) is 0 Å². The van der Waals surface area contributed by atoms with Crippen molar-refractivity contribution in [3.8, 4) is 0 Å². The van der Waals surface area contributed by atoms with Crippen LogP contribution in [0.4, 0.5) is 4.39 Å². The van der Waals surface area contributed by atoms with Crippen molar-refractivity contribution < 1.29 is 13.9 Å². The molecule has 2 atom stereocenters. The maximum absolute atomic E-state index is 14.3. The number of hydrogen-bond donors (Lipinski definition) is 2. The summed E-state index contributed by atoms with van der Waals surface area (Å²) in [5, 5.41) is 6.19. The number of carbonyl (C=O) groups is 1. The summed E-state index contributed by atoms with van der Waals surface area (Å²) in [6.07, 6.45) is 0.677. The summed E-state index contributed by atoms with van der Waals surface area (Å²) < 4.78 is 19.8. The van der Waals surface area contributed by atoms with Gasteiger partial charge in [0.1, 0.15) is 5.82 Å². The van der Waals surface area contributed by atoms with Crippen LogP contribution in [0.15, 0.2) is 54.6 Å². The molecule has 2 N–H and O–H groups in total. The van der Waals surface area contributed by atoms with Gasteiger partial charge in [-0.1, -0.05) is 48.5 Å². The van der Waals surface area contributed by atoms with Crippen LogP contribution in [0.2, 0.25) is 0 Å². The van der Waals surface area contributed by atoms with E-state index in [2.05, 4.69) is 10.6 Å². The monoisotopic (exact) mass is 342 g/mol. The number of hydrogen-bond acceptors (Lipinski definition) is 3. The van der Waals surface area contributed by atoms with Gasteiger partial charge in [-0.25, -0.2) is 4.39 Å². The molecule has 1 aliphatic rings. The lowest BCUT2D eigenvalue weighted by Gasteiger charge is -2.25. The van der Waals surface area contributed by atoms with Crippen LogP contribution in [-0.4, -0.2) is 31.7 Å². The van der Waals surface area contributed by atoms with Gasteiger partial charge in [-0.2, -0.15) is 0 Å². The van der Waals surface area contributed by atoms with Gasteiger partial charge in [0, 0.05) is 18.7 Å². The van der Waals surface area contributed by atoms with Crippen molar-refractivity contribution in [3.05, 3.63) is 71.5 Å². The van der Waals surface area contributed by atoms with Crippen LogP contribution < -0.4 is 10.6 Å². The van der Waals surface area contributed by atoms with Gasteiger partial charge in [0.05, 0.1) is 25.2 Å². The molecule has 0 spiro atoms. The summed E-state index contributed by atoms with van der Waals surface area (Å²) in [6, 6.07) is 16.0. The molecule has 4 nitrogen and oxygen atoms in total. The second-order valence-corrected chi connectivity index (χ2v) is 6.23. The van der Waals surface area contributed by atoms with E-state index in [1.807, 2.05) is 30.3 Å². The largest absolute Gasteiger partial charge is 0.375 e. The quantitative estimate of drug-likeness (QED) is 0.848. The molecule has 0 aromatic heterocycles. The maximum Gasteiger partial charge on any atom is 0.223 e. The van der Waals surface area contributed by atoms with E-state index >= 15 is 0 Å². The van der Waals surface area contributed by atoms with E-state index in [-0.39, 0.29) is 24.2 Å². The van der Waals surface area contributed by atoms with Gasteiger partial charge in [0.15, 0.2) is 0 Å². The lowest BCUT2D eigenvalue weighted by atomic mass is 9.98. The highest BCUT2D eigenvalue weighted by Crippen LogP contribution is 2.21. The summed E-state index contributed by atoms with van der Waals surface area (Å²) in [6.45, 7) is 2.08. The molecule has 132 valence electrons. The Hall–Kier alpha value is -2.24. The van der Waals surface area contributed by atoms with Crippen molar-refractivity contribution in [2.24, 2.45) is 0 Å². The van der Waals surface area contributed by atoms with Crippen molar-refractivity contribution >= 4 is 5.91 Å². The van der Waals surface area contributed by atoms with Crippen LogP contribution in [0, 0.1) is 5.82 Å². The molecule has 1 heterocycles. The molecule has 0 aliphatic carbocycles. The van der Waals surface area contributed by atoms with Gasteiger partial charge in [0.2, 0.25) is 5.91 Å². The summed E-state index contributed by atoms with van der Waals surface area (Å²) in [4.78, 5) is 12.5. The third-order valence-electron chi connectivity index (χ3n) is 4.32. The maximum atomic E-state index is 14.3. The number of ether oxygens (including phenoxy) is 1. The van der Waals surface area contributed by atoms with Crippen molar-refractivity contribution in [3.63, 3.8) is 0 Å². The molecule has 1 aliphatic heterocycles. The van der Waals surface area contributed by atoms with Gasteiger partial charge < -0.3 is 15.4 Å². The Labute approximate surface area is 147 Å². The molecular formula is C20H23FN2O2. The number of carbonyl (C=O) groups excluding carboxylic acids is 1. The van der Waals surface area contributed by atoms with E-state index in [9.17, 15) is 9.18 Å². The molecule has 2 aromatic carbocycles. The second-order valence-electron chi connectivity index (χ2n) is 6.23. The minimum absolute atomic E-state index is 0.127. The highest BCUT2D eigenvalue weighted by Gasteiger charge is 2.22. The molecule has 0 saturated carbocycles. The molecule has 3 rings (SSSR count). The molecule has 5 heteroatoms. The van der Waals surface area contributed by atoms with Crippen LogP contribution in [0.3, 0.4) is 0 Å². The molecule has 1 amide bonds. The van der Waals surface area contributed by atoms with E-state index in [0.717, 1.165) is 12.1 Å². The number of morpholine rings is 1. The molecule has 2 aromatic rings. The Morgan fingerprint density at radius 2 is 1.96 bits per heavy atom. The van der Waals surface area contributed by atoms with E-state index in [1.165, 1.54) is 6.07 Å².